The van der Waals surface area contributed by atoms with Crippen molar-refractivity contribution in [3.05, 3.63) is 52.6 Å². The van der Waals surface area contributed by atoms with Crippen LogP contribution in [-0.4, -0.2) is 19.1 Å². The van der Waals surface area contributed by atoms with E-state index in [9.17, 15) is 10.1 Å². The summed E-state index contributed by atoms with van der Waals surface area (Å²) in [6.45, 7) is 0. The molecule has 2 rings (SSSR count). The standard InChI is InChI=1S/C14H14N2O3S/c1-15-12-4-3-5-13(14(12)16(17)18)20-11-8-6-10(19-2)7-9-11/h3-9,15H,1-2H3. The number of nitro groups is 1. The number of para-hydroxylation sites is 1. The summed E-state index contributed by atoms with van der Waals surface area (Å²) < 4.78 is 5.09. The van der Waals surface area contributed by atoms with Crippen LogP contribution < -0.4 is 10.1 Å². The molecule has 104 valence electrons. The van der Waals surface area contributed by atoms with Gasteiger partial charge >= 0.3 is 5.69 Å². The molecular formula is C14H14N2O3S. The average molecular weight is 290 g/mol. The van der Waals surface area contributed by atoms with Gasteiger partial charge in [0.15, 0.2) is 0 Å². The largest absolute Gasteiger partial charge is 0.497 e. The highest BCUT2D eigenvalue weighted by Crippen LogP contribution is 2.39. The van der Waals surface area contributed by atoms with E-state index in [0.29, 0.717) is 10.6 Å². The fourth-order valence-corrected chi connectivity index (χ4v) is 2.72. The first kappa shape index (κ1) is 14.2. The first-order valence-electron chi connectivity index (χ1n) is 5.92. The second-order valence-electron chi connectivity index (χ2n) is 3.94. The second-order valence-corrected chi connectivity index (χ2v) is 5.05. The van der Waals surface area contributed by atoms with Crippen LogP contribution in [0.4, 0.5) is 11.4 Å². The number of nitrogens with zero attached hydrogens (tertiary/aromatic N) is 1. The number of nitrogens with one attached hydrogen (secondary N) is 1. The van der Waals surface area contributed by atoms with E-state index in [1.54, 1.807) is 32.4 Å². The maximum absolute atomic E-state index is 11.2. The third-order valence-electron chi connectivity index (χ3n) is 2.74. The quantitative estimate of drug-likeness (QED) is 0.670. The highest BCUT2D eigenvalue weighted by molar-refractivity contribution is 7.99. The maximum Gasteiger partial charge on any atom is 0.306 e. The summed E-state index contributed by atoms with van der Waals surface area (Å²) >= 11 is 1.35. The van der Waals surface area contributed by atoms with E-state index in [0.717, 1.165) is 10.6 Å². The number of nitro benzene ring substituents is 1. The van der Waals surface area contributed by atoms with E-state index >= 15 is 0 Å². The van der Waals surface area contributed by atoms with Crippen LogP contribution in [-0.2, 0) is 0 Å². The van der Waals surface area contributed by atoms with Crippen LogP contribution in [0.15, 0.2) is 52.3 Å². The van der Waals surface area contributed by atoms with Gasteiger partial charge in [-0.2, -0.15) is 0 Å². The van der Waals surface area contributed by atoms with Crippen molar-refractivity contribution < 1.29 is 9.66 Å². The minimum atomic E-state index is -0.363. The fourth-order valence-electron chi connectivity index (χ4n) is 1.77. The summed E-state index contributed by atoms with van der Waals surface area (Å²) in [7, 11) is 3.27. The Morgan fingerprint density at radius 3 is 2.45 bits per heavy atom. The Balaban J connectivity index is 2.34. The van der Waals surface area contributed by atoms with Gasteiger partial charge in [-0.25, -0.2) is 0 Å². The lowest BCUT2D eigenvalue weighted by Crippen LogP contribution is -1.98. The molecule has 20 heavy (non-hydrogen) atoms. The van der Waals surface area contributed by atoms with E-state index in [-0.39, 0.29) is 10.6 Å². The van der Waals surface area contributed by atoms with Gasteiger partial charge in [-0.15, -0.1) is 0 Å². The molecule has 0 amide bonds. The third-order valence-corrected chi connectivity index (χ3v) is 3.80. The summed E-state index contributed by atoms with van der Waals surface area (Å²) in [6, 6.07) is 12.6. The molecule has 0 spiro atoms. The molecule has 1 N–H and O–H groups in total. The second kappa shape index (κ2) is 6.29. The molecule has 2 aromatic rings. The number of hydrogen-bond donors (Lipinski definition) is 1. The highest BCUT2D eigenvalue weighted by Gasteiger charge is 2.19. The molecule has 2 aromatic carbocycles. The van der Waals surface area contributed by atoms with Crippen molar-refractivity contribution in [1.29, 1.82) is 0 Å². The van der Waals surface area contributed by atoms with Crippen molar-refractivity contribution in [3.63, 3.8) is 0 Å². The van der Waals surface area contributed by atoms with E-state index in [4.69, 9.17) is 4.74 Å². The molecule has 0 radical (unpaired) electrons. The molecular weight excluding hydrogens is 276 g/mol. The van der Waals surface area contributed by atoms with Crippen LogP contribution in [0.3, 0.4) is 0 Å². The Morgan fingerprint density at radius 2 is 1.90 bits per heavy atom. The van der Waals surface area contributed by atoms with Gasteiger partial charge in [0.05, 0.1) is 16.9 Å². The van der Waals surface area contributed by atoms with Crippen molar-refractivity contribution in [2.24, 2.45) is 0 Å². The smallest absolute Gasteiger partial charge is 0.306 e. The zero-order valence-corrected chi connectivity index (χ0v) is 11.9. The van der Waals surface area contributed by atoms with Gasteiger partial charge in [0.25, 0.3) is 0 Å². The maximum atomic E-state index is 11.2. The van der Waals surface area contributed by atoms with Gasteiger partial charge < -0.3 is 10.1 Å². The minimum absolute atomic E-state index is 0.0934. The lowest BCUT2D eigenvalue weighted by molar-refractivity contribution is -0.386. The Labute approximate surface area is 121 Å². The van der Waals surface area contributed by atoms with Crippen LogP contribution in [0.1, 0.15) is 0 Å². The molecule has 0 heterocycles. The lowest BCUT2D eigenvalue weighted by atomic mass is 10.2. The Bertz CT molecular complexity index is 614. The first-order valence-corrected chi connectivity index (χ1v) is 6.74. The molecule has 0 aliphatic heterocycles. The topological polar surface area (TPSA) is 64.4 Å². The zero-order chi connectivity index (χ0) is 14.5. The van der Waals surface area contributed by atoms with Crippen LogP contribution in [0.25, 0.3) is 0 Å². The molecule has 0 atom stereocenters. The van der Waals surface area contributed by atoms with Crippen molar-refractivity contribution in [1.82, 2.24) is 0 Å². The number of anilines is 1. The Morgan fingerprint density at radius 1 is 1.20 bits per heavy atom. The number of methoxy groups -OCH3 is 1. The van der Waals surface area contributed by atoms with Crippen molar-refractivity contribution in [2.75, 3.05) is 19.5 Å². The number of ether oxygens (including phenoxy) is 1. The van der Waals surface area contributed by atoms with Gasteiger partial charge in [0, 0.05) is 11.9 Å². The zero-order valence-electron chi connectivity index (χ0n) is 11.1. The van der Waals surface area contributed by atoms with Crippen LogP contribution >= 0.6 is 11.8 Å². The van der Waals surface area contributed by atoms with Gasteiger partial charge in [0.2, 0.25) is 0 Å². The van der Waals surface area contributed by atoms with E-state index in [1.807, 2.05) is 24.3 Å². The Kier molecular flexibility index (Phi) is 4.47. The third kappa shape index (κ3) is 3.03. The molecule has 0 unspecified atom stereocenters. The molecule has 0 saturated carbocycles. The van der Waals surface area contributed by atoms with Crippen molar-refractivity contribution >= 4 is 23.1 Å². The monoisotopic (exact) mass is 290 g/mol. The van der Waals surface area contributed by atoms with Crippen molar-refractivity contribution in [2.45, 2.75) is 9.79 Å². The summed E-state index contributed by atoms with van der Waals surface area (Å²) in [4.78, 5) is 12.4. The van der Waals surface area contributed by atoms with Gasteiger partial charge in [-0.1, -0.05) is 17.8 Å². The van der Waals surface area contributed by atoms with Crippen LogP contribution in [0.5, 0.6) is 5.75 Å². The fraction of sp³-hybridized carbons (Fsp3) is 0.143. The number of benzene rings is 2. The molecule has 0 aromatic heterocycles. The molecule has 0 aliphatic carbocycles. The minimum Gasteiger partial charge on any atom is -0.497 e. The average Bonchev–Trinajstić information content (AvgIpc) is 2.47. The molecule has 6 heteroatoms. The SMILES string of the molecule is CNc1cccc(Sc2ccc(OC)cc2)c1[N+](=O)[O-]. The highest BCUT2D eigenvalue weighted by atomic mass is 32.2. The lowest BCUT2D eigenvalue weighted by Gasteiger charge is -2.07. The predicted molar refractivity (Wildman–Crippen MR) is 79.8 cm³/mol. The molecule has 0 saturated heterocycles. The van der Waals surface area contributed by atoms with Crippen LogP contribution in [0.2, 0.25) is 0 Å². The van der Waals surface area contributed by atoms with Crippen molar-refractivity contribution in [3.8, 4) is 5.75 Å². The van der Waals surface area contributed by atoms with Gasteiger partial charge in [0.1, 0.15) is 11.4 Å². The normalized spacial score (nSPS) is 10.1. The summed E-state index contributed by atoms with van der Waals surface area (Å²) in [5.41, 5.74) is 0.601. The first-order chi connectivity index (χ1) is 9.65. The predicted octanol–water partition coefficient (Wildman–Crippen LogP) is 3.80. The summed E-state index contributed by atoms with van der Waals surface area (Å²) in [6.07, 6.45) is 0. The Hall–Kier alpha value is -2.21. The molecule has 5 nitrogen and oxygen atoms in total. The van der Waals surface area contributed by atoms with Gasteiger partial charge in [-0.05, 0) is 36.4 Å². The summed E-state index contributed by atoms with van der Waals surface area (Å²) in [5, 5.41) is 14.1. The van der Waals surface area contributed by atoms with E-state index in [2.05, 4.69) is 5.32 Å². The molecule has 0 bridgehead atoms. The number of hydrogen-bond acceptors (Lipinski definition) is 5. The van der Waals surface area contributed by atoms with Crippen LogP contribution in [0, 0.1) is 10.1 Å². The number of rotatable bonds is 5. The van der Waals surface area contributed by atoms with Gasteiger partial charge in [-0.3, -0.25) is 10.1 Å². The van der Waals surface area contributed by atoms with E-state index < -0.39 is 0 Å². The van der Waals surface area contributed by atoms with E-state index in [1.165, 1.54) is 11.8 Å². The molecule has 0 fully saturated rings. The molecule has 0 aliphatic rings. The summed E-state index contributed by atoms with van der Waals surface area (Å²) in [5.74, 6) is 0.757.